The molecular weight excluding hydrogens is 243 g/mol. The molecule has 0 bridgehead atoms. The molecule has 1 aromatic rings. The average Bonchev–Trinajstić information content (AvgIpc) is 2.70. The van der Waals surface area contributed by atoms with Crippen LogP contribution in [0.3, 0.4) is 0 Å². The third-order valence-corrected chi connectivity index (χ3v) is 4.12. The van der Waals surface area contributed by atoms with E-state index in [1.54, 1.807) is 12.1 Å². The van der Waals surface area contributed by atoms with E-state index in [9.17, 15) is 9.18 Å². The Kier molecular flexibility index (Phi) is 4.53. The first-order valence-electron chi connectivity index (χ1n) is 6.85. The number of carbonyl (C=O) groups excluding carboxylic acids is 1. The van der Waals surface area contributed by atoms with Crippen LogP contribution >= 0.6 is 0 Å². The Hall–Kier alpha value is -1.42. The lowest BCUT2D eigenvalue weighted by Gasteiger charge is -2.19. The first-order valence-corrected chi connectivity index (χ1v) is 6.85. The molecule has 0 aromatic heterocycles. The van der Waals surface area contributed by atoms with Gasteiger partial charge >= 0.3 is 0 Å². The van der Waals surface area contributed by atoms with E-state index in [0.717, 1.165) is 12.3 Å². The Morgan fingerprint density at radius 2 is 1.95 bits per heavy atom. The summed E-state index contributed by atoms with van der Waals surface area (Å²) < 4.78 is 12.7. The molecule has 3 unspecified atom stereocenters. The Morgan fingerprint density at radius 3 is 2.53 bits per heavy atom. The maximum Gasteiger partial charge on any atom is 0.238 e. The van der Waals surface area contributed by atoms with E-state index in [2.05, 4.69) is 24.5 Å². The van der Waals surface area contributed by atoms with Gasteiger partial charge in [-0.05, 0) is 48.9 Å². The first-order chi connectivity index (χ1) is 9.06. The van der Waals surface area contributed by atoms with Gasteiger partial charge < -0.3 is 10.6 Å². The number of anilines is 1. The Labute approximate surface area is 113 Å². The van der Waals surface area contributed by atoms with Gasteiger partial charge in [0.1, 0.15) is 5.82 Å². The number of nitrogens with one attached hydrogen (secondary N) is 2. The smallest absolute Gasteiger partial charge is 0.238 e. The van der Waals surface area contributed by atoms with Crippen LogP contribution in [0.1, 0.15) is 26.7 Å². The van der Waals surface area contributed by atoms with Crippen LogP contribution in [0.25, 0.3) is 0 Å². The Balaban J connectivity index is 1.77. The van der Waals surface area contributed by atoms with E-state index in [0.29, 0.717) is 24.2 Å². The molecule has 1 aliphatic carbocycles. The van der Waals surface area contributed by atoms with Crippen LogP contribution in [0.15, 0.2) is 24.3 Å². The molecule has 0 heterocycles. The molecule has 19 heavy (non-hydrogen) atoms. The highest BCUT2D eigenvalue weighted by atomic mass is 19.1. The monoisotopic (exact) mass is 264 g/mol. The molecule has 1 amide bonds. The topological polar surface area (TPSA) is 41.1 Å². The molecule has 1 aliphatic rings. The van der Waals surface area contributed by atoms with E-state index in [1.807, 2.05) is 0 Å². The number of hydrogen-bond acceptors (Lipinski definition) is 2. The van der Waals surface area contributed by atoms with Crippen LogP contribution in [0.2, 0.25) is 0 Å². The molecule has 4 heteroatoms. The number of carbonyl (C=O) groups is 1. The van der Waals surface area contributed by atoms with Crippen LogP contribution in [0.5, 0.6) is 0 Å². The maximum atomic E-state index is 12.7. The predicted octanol–water partition coefficient (Wildman–Crippen LogP) is 2.79. The molecule has 1 aromatic carbocycles. The molecule has 2 N–H and O–H groups in total. The van der Waals surface area contributed by atoms with Crippen molar-refractivity contribution in [3.05, 3.63) is 30.1 Å². The molecule has 0 radical (unpaired) electrons. The van der Waals surface area contributed by atoms with Crippen LogP contribution in [0.4, 0.5) is 10.1 Å². The number of benzene rings is 1. The van der Waals surface area contributed by atoms with E-state index < -0.39 is 0 Å². The quantitative estimate of drug-likeness (QED) is 0.878. The minimum absolute atomic E-state index is 0.0849. The van der Waals surface area contributed by atoms with Crippen molar-refractivity contribution in [3.8, 4) is 0 Å². The largest absolute Gasteiger partial charge is 0.325 e. The van der Waals surface area contributed by atoms with Gasteiger partial charge in [0.25, 0.3) is 0 Å². The second kappa shape index (κ2) is 6.15. The average molecular weight is 264 g/mol. The van der Waals surface area contributed by atoms with Gasteiger partial charge in [0.05, 0.1) is 6.54 Å². The zero-order valence-corrected chi connectivity index (χ0v) is 11.4. The highest BCUT2D eigenvalue weighted by Gasteiger charge is 2.29. The SMILES string of the molecule is CC1CCC(NCC(=O)Nc2ccc(F)cc2)C1C. The van der Waals surface area contributed by atoms with Crippen molar-refractivity contribution in [3.63, 3.8) is 0 Å². The molecule has 1 fully saturated rings. The lowest BCUT2D eigenvalue weighted by molar-refractivity contribution is -0.115. The van der Waals surface area contributed by atoms with Crippen molar-refractivity contribution in [2.45, 2.75) is 32.7 Å². The number of halogens is 1. The summed E-state index contributed by atoms with van der Waals surface area (Å²) in [5, 5.41) is 6.06. The fourth-order valence-electron chi connectivity index (χ4n) is 2.61. The van der Waals surface area contributed by atoms with Gasteiger partial charge in [0, 0.05) is 11.7 Å². The van der Waals surface area contributed by atoms with Crippen molar-refractivity contribution >= 4 is 11.6 Å². The molecule has 1 saturated carbocycles. The Morgan fingerprint density at radius 1 is 1.26 bits per heavy atom. The van der Waals surface area contributed by atoms with Crippen molar-refractivity contribution in [1.82, 2.24) is 5.32 Å². The number of hydrogen-bond donors (Lipinski definition) is 2. The van der Waals surface area contributed by atoms with E-state index in [1.165, 1.54) is 18.6 Å². The zero-order valence-electron chi connectivity index (χ0n) is 11.4. The summed E-state index contributed by atoms with van der Waals surface area (Å²) in [6.07, 6.45) is 2.35. The van der Waals surface area contributed by atoms with Crippen LogP contribution in [0, 0.1) is 17.7 Å². The lowest BCUT2D eigenvalue weighted by atomic mass is 9.98. The van der Waals surface area contributed by atoms with Crippen LogP contribution in [-0.2, 0) is 4.79 Å². The van der Waals surface area contributed by atoms with Crippen LogP contribution in [-0.4, -0.2) is 18.5 Å². The fraction of sp³-hybridized carbons (Fsp3) is 0.533. The van der Waals surface area contributed by atoms with Crippen molar-refractivity contribution in [1.29, 1.82) is 0 Å². The zero-order chi connectivity index (χ0) is 13.8. The van der Waals surface area contributed by atoms with Gasteiger partial charge in [-0.15, -0.1) is 0 Å². The van der Waals surface area contributed by atoms with Crippen molar-refractivity contribution < 1.29 is 9.18 Å². The summed E-state index contributed by atoms with van der Waals surface area (Å²) in [5.74, 6) is 0.944. The third kappa shape index (κ3) is 3.77. The second-order valence-electron chi connectivity index (χ2n) is 5.46. The van der Waals surface area contributed by atoms with Crippen LogP contribution < -0.4 is 10.6 Å². The molecule has 2 rings (SSSR count). The summed E-state index contributed by atoms with van der Waals surface area (Å²) in [4.78, 5) is 11.8. The molecule has 104 valence electrons. The van der Waals surface area contributed by atoms with E-state index in [4.69, 9.17) is 0 Å². The molecule has 3 nitrogen and oxygen atoms in total. The summed E-state index contributed by atoms with van der Waals surface area (Å²) in [6.45, 7) is 4.79. The third-order valence-electron chi connectivity index (χ3n) is 4.12. The minimum Gasteiger partial charge on any atom is -0.325 e. The lowest BCUT2D eigenvalue weighted by Crippen LogP contribution is -2.38. The van der Waals surface area contributed by atoms with E-state index in [-0.39, 0.29) is 11.7 Å². The van der Waals surface area contributed by atoms with Gasteiger partial charge in [0.15, 0.2) is 0 Å². The summed E-state index contributed by atoms with van der Waals surface area (Å²) in [7, 11) is 0. The van der Waals surface area contributed by atoms with Crippen molar-refractivity contribution in [2.75, 3.05) is 11.9 Å². The van der Waals surface area contributed by atoms with Gasteiger partial charge in [-0.2, -0.15) is 0 Å². The van der Waals surface area contributed by atoms with Gasteiger partial charge in [0.2, 0.25) is 5.91 Å². The fourth-order valence-corrected chi connectivity index (χ4v) is 2.61. The standard InChI is InChI=1S/C15H21FN2O/c1-10-3-8-14(11(10)2)17-9-15(19)18-13-6-4-12(16)5-7-13/h4-7,10-11,14,17H,3,8-9H2,1-2H3,(H,18,19). The highest BCUT2D eigenvalue weighted by Crippen LogP contribution is 2.30. The Bertz CT molecular complexity index is 432. The van der Waals surface area contributed by atoms with E-state index >= 15 is 0 Å². The number of rotatable bonds is 4. The van der Waals surface area contributed by atoms with Gasteiger partial charge in [-0.3, -0.25) is 4.79 Å². The highest BCUT2D eigenvalue weighted by molar-refractivity contribution is 5.92. The molecule has 0 spiro atoms. The normalized spacial score (nSPS) is 26.4. The summed E-state index contributed by atoms with van der Waals surface area (Å²) >= 11 is 0. The maximum absolute atomic E-state index is 12.7. The minimum atomic E-state index is -0.301. The predicted molar refractivity (Wildman–Crippen MR) is 74.4 cm³/mol. The molecular formula is C15H21FN2O. The summed E-state index contributed by atoms with van der Waals surface area (Å²) in [5.41, 5.74) is 0.626. The van der Waals surface area contributed by atoms with Crippen molar-refractivity contribution in [2.24, 2.45) is 11.8 Å². The molecule has 3 atom stereocenters. The number of amides is 1. The first kappa shape index (κ1) is 14.0. The molecule has 0 saturated heterocycles. The molecule has 0 aliphatic heterocycles. The second-order valence-corrected chi connectivity index (χ2v) is 5.46. The van der Waals surface area contributed by atoms with Gasteiger partial charge in [-0.25, -0.2) is 4.39 Å². The van der Waals surface area contributed by atoms with Gasteiger partial charge in [-0.1, -0.05) is 13.8 Å². The summed E-state index contributed by atoms with van der Waals surface area (Å²) in [6, 6.07) is 6.23.